The van der Waals surface area contributed by atoms with Gasteiger partial charge in [0, 0.05) is 25.1 Å². The third-order valence-electron chi connectivity index (χ3n) is 3.07. The Morgan fingerprint density at radius 2 is 2.25 bits per heavy atom. The molecular weight excluding hydrogens is 272 g/mol. The van der Waals surface area contributed by atoms with Gasteiger partial charge in [0.15, 0.2) is 0 Å². The molecule has 2 aromatic heterocycles. The van der Waals surface area contributed by atoms with Crippen LogP contribution in [0, 0.1) is 6.92 Å². The minimum Gasteiger partial charge on any atom is -0.351 e. The summed E-state index contributed by atoms with van der Waals surface area (Å²) in [6.07, 6.45) is 7.28. The maximum Gasteiger partial charge on any atom is 0.233 e. The van der Waals surface area contributed by atoms with Gasteiger partial charge >= 0.3 is 0 Å². The van der Waals surface area contributed by atoms with E-state index in [-0.39, 0.29) is 11.2 Å². The molecule has 6 heteroatoms. The van der Waals surface area contributed by atoms with Crippen molar-refractivity contribution in [2.45, 2.75) is 25.6 Å². The highest BCUT2D eigenvalue weighted by molar-refractivity contribution is 7.99. The number of imidazole rings is 1. The molecule has 20 heavy (non-hydrogen) atoms. The molecule has 0 unspecified atom stereocenters. The number of pyridine rings is 1. The van der Waals surface area contributed by atoms with E-state index in [2.05, 4.69) is 15.3 Å². The minimum absolute atomic E-state index is 0.0350. The quantitative estimate of drug-likeness (QED) is 0.914. The van der Waals surface area contributed by atoms with E-state index >= 15 is 0 Å². The number of carbonyl (C=O) groups is 1. The van der Waals surface area contributed by atoms with Crippen LogP contribution in [0.5, 0.6) is 0 Å². The van der Waals surface area contributed by atoms with Crippen LogP contribution in [0.3, 0.4) is 0 Å². The lowest BCUT2D eigenvalue weighted by atomic mass is 10.2. The molecule has 0 radical (unpaired) electrons. The Morgan fingerprint density at radius 3 is 2.90 bits per heavy atom. The summed E-state index contributed by atoms with van der Waals surface area (Å²) in [5.41, 5.74) is 1.02. The van der Waals surface area contributed by atoms with Gasteiger partial charge in [-0.3, -0.25) is 9.36 Å². The SMILES string of the molecule is CS[C@H](C)C(=O)NCc1ccnc(-n2ccnc2C)c1. The van der Waals surface area contributed by atoms with Crippen LogP contribution in [-0.2, 0) is 11.3 Å². The second-order valence-electron chi connectivity index (χ2n) is 4.46. The molecule has 0 spiro atoms. The topological polar surface area (TPSA) is 59.8 Å². The van der Waals surface area contributed by atoms with Crippen molar-refractivity contribution < 1.29 is 4.79 Å². The summed E-state index contributed by atoms with van der Waals surface area (Å²) in [7, 11) is 0. The predicted molar refractivity (Wildman–Crippen MR) is 80.9 cm³/mol. The summed E-state index contributed by atoms with van der Waals surface area (Å²) in [6.45, 7) is 4.33. The van der Waals surface area contributed by atoms with Crippen LogP contribution in [0.4, 0.5) is 0 Å². The van der Waals surface area contributed by atoms with Crippen molar-refractivity contribution in [2.24, 2.45) is 0 Å². The molecule has 0 aliphatic heterocycles. The number of hydrogen-bond acceptors (Lipinski definition) is 4. The Labute approximate surface area is 122 Å². The molecule has 0 aliphatic rings. The second-order valence-corrected chi connectivity index (χ2v) is 5.64. The Bertz CT molecular complexity index is 596. The number of aromatic nitrogens is 3. The first-order valence-corrected chi connectivity index (χ1v) is 7.66. The first-order valence-electron chi connectivity index (χ1n) is 6.37. The van der Waals surface area contributed by atoms with E-state index in [9.17, 15) is 4.79 Å². The summed E-state index contributed by atoms with van der Waals surface area (Å²) in [5, 5.41) is 2.89. The Hall–Kier alpha value is -1.82. The summed E-state index contributed by atoms with van der Waals surface area (Å²) in [5.74, 6) is 1.74. The number of nitrogens with zero attached hydrogens (tertiary/aromatic N) is 3. The molecule has 0 saturated carbocycles. The van der Waals surface area contributed by atoms with Gasteiger partial charge < -0.3 is 5.32 Å². The van der Waals surface area contributed by atoms with Crippen LogP contribution < -0.4 is 5.32 Å². The molecule has 106 valence electrons. The van der Waals surface area contributed by atoms with E-state index in [1.807, 2.05) is 43.0 Å². The molecule has 1 N–H and O–H groups in total. The highest BCUT2D eigenvalue weighted by Gasteiger charge is 2.10. The fourth-order valence-electron chi connectivity index (χ4n) is 1.76. The summed E-state index contributed by atoms with van der Waals surface area (Å²) < 4.78 is 1.91. The van der Waals surface area contributed by atoms with E-state index in [1.54, 1.807) is 12.4 Å². The van der Waals surface area contributed by atoms with Crippen molar-refractivity contribution in [3.63, 3.8) is 0 Å². The zero-order chi connectivity index (χ0) is 14.5. The first-order chi connectivity index (χ1) is 9.61. The number of amides is 1. The number of nitrogens with one attached hydrogen (secondary N) is 1. The lowest BCUT2D eigenvalue weighted by molar-refractivity contribution is -0.120. The smallest absolute Gasteiger partial charge is 0.233 e. The highest BCUT2D eigenvalue weighted by Crippen LogP contribution is 2.10. The predicted octanol–water partition coefficient (Wildman–Crippen LogP) is 1.94. The van der Waals surface area contributed by atoms with Crippen molar-refractivity contribution in [2.75, 3.05) is 6.26 Å². The number of carbonyl (C=O) groups excluding carboxylic acids is 1. The number of hydrogen-bond donors (Lipinski definition) is 1. The third kappa shape index (κ3) is 3.39. The van der Waals surface area contributed by atoms with Gasteiger partial charge in [0.05, 0.1) is 5.25 Å². The lowest BCUT2D eigenvalue weighted by Crippen LogP contribution is -2.30. The van der Waals surface area contributed by atoms with Crippen LogP contribution in [-0.4, -0.2) is 31.9 Å². The fraction of sp³-hybridized carbons (Fsp3) is 0.357. The molecule has 2 aromatic rings. The van der Waals surface area contributed by atoms with Crippen molar-refractivity contribution in [1.82, 2.24) is 19.9 Å². The van der Waals surface area contributed by atoms with E-state index in [0.717, 1.165) is 17.2 Å². The van der Waals surface area contributed by atoms with Gasteiger partial charge in [-0.25, -0.2) is 9.97 Å². The minimum atomic E-state index is -0.0350. The van der Waals surface area contributed by atoms with Gasteiger partial charge in [-0.2, -0.15) is 11.8 Å². The molecule has 0 bridgehead atoms. The van der Waals surface area contributed by atoms with Crippen LogP contribution >= 0.6 is 11.8 Å². The van der Waals surface area contributed by atoms with E-state index in [0.29, 0.717) is 6.54 Å². The lowest BCUT2D eigenvalue weighted by Gasteiger charge is -2.10. The third-order valence-corrected chi connectivity index (χ3v) is 3.99. The highest BCUT2D eigenvalue weighted by atomic mass is 32.2. The van der Waals surface area contributed by atoms with Crippen LogP contribution in [0.25, 0.3) is 5.82 Å². The number of rotatable bonds is 5. The van der Waals surface area contributed by atoms with Gasteiger partial charge in [-0.15, -0.1) is 0 Å². The largest absolute Gasteiger partial charge is 0.351 e. The molecular formula is C14H18N4OS. The molecule has 1 atom stereocenters. The van der Waals surface area contributed by atoms with Gasteiger partial charge in [0.25, 0.3) is 0 Å². The van der Waals surface area contributed by atoms with Crippen LogP contribution in [0.2, 0.25) is 0 Å². The van der Waals surface area contributed by atoms with Gasteiger partial charge in [0.2, 0.25) is 5.91 Å². The maximum absolute atomic E-state index is 11.8. The van der Waals surface area contributed by atoms with Crippen LogP contribution in [0.15, 0.2) is 30.7 Å². The average molecular weight is 290 g/mol. The Kier molecular flexibility index (Phi) is 4.79. The zero-order valence-electron chi connectivity index (χ0n) is 11.8. The van der Waals surface area contributed by atoms with Crippen LogP contribution in [0.1, 0.15) is 18.3 Å². The zero-order valence-corrected chi connectivity index (χ0v) is 12.6. The van der Waals surface area contributed by atoms with Crippen molar-refractivity contribution in [3.8, 4) is 5.82 Å². The van der Waals surface area contributed by atoms with E-state index < -0.39 is 0 Å². The fourth-order valence-corrected chi connectivity index (χ4v) is 2.06. The molecule has 0 aliphatic carbocycles. The number of thioether (sulfide) groups is 1. The molecule has 2 heterocycles. The van der Waals surface area contributed by atoms with Gasteiger partial charge in [-0.1, -0.05) is 0 Å². The molecule has 0 aromatic carbocycles. The van der Waals surface area contributed by atoms with Gasteiger partial charge in [0.1, 0.15) is 11.6 Å². The van der Waals surface area contributed by atoms with Gasteiger partial charge in [-0.05, 0) is 37.8 Å². The molecule has 0 fully saturated rings. The monoisotopic (exact) mass is 290 g/mol. The standard InChI is InChI=1S/C14H18N4OS/c1-10(20-3)14(19)17-9-12-4-5-16-13(8-12)18-7-6-15-11(18)2/h4-8,10H,9H2,1-3H3,(H,17,19)/t10-/m1/s1. The Balaban J connectivity index is 2.07. The first kappa shape index (κ1) is 14.6. The second kappa shape index (κ2) is 6.56. The molecule has 1 amide bonds. The molecule has 5 nitrogen and oxygen atoms in total. The molecule has 0 saturated heterocycles. The summed E-state index contributed by atoms with van der Waals surface area (Å²) in [4.78, 5) is 20.3. The normalized spacial score (nSPS) is 12.2. The molecule has 2 rings (SSSR count). The van der Waals surface area contributed by atoms with Crippen molar-refractivity contribution >= 4 is 17.7 Å². The van der Waals surface area contributed by atoms with Crippen molar-refractivity contribution in [3.05, 3.63) is 42.1 Å². The van der Waals surface area contributed by atoms with E-state index in [4.69, 9.17) is 0 Å². The number of aryl methyl sites for hydroxylation is 1. The Morgan fingerprint density at radius 1 is 1.45 bits per heavy atom. The summed E-state index contributed by atoms with van der Waals surface area (Å²) in [6, 6.07) is 3.86. The van der Waals surface area contributed by atoms with E-state index in [1.165, 1.54) is 11.8 Å². The average Bonchev–Trinajstić information content (AvgIpc) is 2.90. The van der Waals surface area contributed by atoms with Crippen molar-refractivity contribution in [1.29, 1.82) is 0 Å². The maximum atomic E-state index is 11.8. The summed E-state index contributed by atoms with van der Waals surface area (Å²) >= 11 is 1.53.